The second-order valence-electron chi connectivity index (χ2n) is 6.41. The minimum Gasteiger partial charge on any atom is -0.296 e. The van der Waals surface area contributed by atoms with E-state index in [-0.39, 0.29) is 11.8 Å². The Labute approximate surface area is 166 Å². The number of pyridine rings is 2. The average molecular weight is 390 g/mol. The molecule has 0 bridgehead atoms. The van der Waals surface area contributed by atoms with Crippen molar-refractivity contribution in [2.75, 3.05) is 5.32 Å². The summed E-state index contributed by atoms with van der Waals surface area (Å²) in [5.74, 6) is -0.00607. The summed E-state index contributed by atoms with van der Waals surface area (Å²) in [5.41, 5.74) is 2.84. The molecule has 4 aromatic rings. The van der Waals surface area contributed by atoms with E-state index in [1.54, 1.807) is 29.5 Å². The van der Waals surface area contributed by atoms with E-state index in [0.29, 0.717) is 10.8 Å². The highest BCUT2D eigenvalue weighted by atomic mass is 32.1. The lowest BCUT2D eigenvalue weighted by Gasteiger charge is -2.07. The number of carbonyl (C=O) groups excluding carboxylic acids is 1. The Balaban J connectivity index is 1.64. The normalized spacial score (nSPS) is 11.0. The van der Waals surface area contributed by atoms with Gasteiger partial charge >= 0.3 is 0 Å². The maximum atomic E-state index is 12.9. The molecule has 7 nitrogen and oxygen atoms in total. The molecule has 0 saturated heterocycles. The number of hydrogen-bond acceptors (Lipinski definition) is 6. The van der Waals surface area contributed by atoms with Gasteiger partial charge in [0.1, 0.15) is 11.4 Å². The summed E-state index contributed by atoms with van der Waals surface area (Å²) in [5, 5.41) is 3.44. The number of nitrogens with zero attached hydrogens (tertiary/aromatic N) is 5. The van der Waals surface area contributed by atoms with Crippen molar-refractivity contribution in [1.82, 2.24) is 24.5 Å². The maximum Gasteiger partial charge on any atom is 0.276 e. The molecule has 0 aliphatic rings. The maximum absolute atomic E-state index is 12.9. The van der Waals surface area contributed by atoms with Crippen LogP contribution in [0.2, 0.25) is 0 Å². The van der Waals surface area contributed by atoms with Gasteiger partial charge in [-0.1, -0.05) is 19.9 Å². The standard InChI is InChI=1S/C20H18N6OS/c1-13(2)18-17(15-5-3-4-8-23-15)24-20(28-18)25-19(27)16-11-22-12-26(16)14-6-9-21-10-7-14/h3-13H,1-2H3,(H,24,25,27). The Morgan fingerprint density at radius 2 is 1.93 bits per heavy atom. The summed E-state index contributed by atoms with van der Waals surface area (Å²) in [4.78, 5) is 31.1. The van der Waals surface area contributed by atoms with Crippen molar-refractivity contribution in [2.45, 2.75) is 19.8 Å². The Morgan fingerprint density at radius 1 is 1.11 bits per heavy atom. The molecule has 4 rings (SSSR count). The number of imidazole rings is 1. The monoisotopic (exact) mass is 390 g/mol. The zero-order chi connectivity index (χ0) is 19.5. The molecular formula is C20H18N6OS. The Hall–Kier alpha value is -3.39. The molecular weight excluding hydrogens is 372 g/mol. The molecule has 0 radical (unpaired) electrons. The van der Waals surface area contributed by atoms with Crippen LogP contribution in [0.5, 0.6) is 0 Å². The number of rotatable bonds is 5. The third kappa shape index (κ3) is 3.54. The highest BCUT2D eigenvalue weighted by Gasteiger charge is 2.20. The summed E-state index contributed by atoms with van der Waals surface area (Å²) in [7, 11) is 0. The fourth-order valence-electron chi connectivity index (χ4n) is 2.80. The number of hydrogen-bond donors (Lipinski definition) is 1. The van der Waals surface area contributed by atoms with Crippen molar-refractivity contribution < 1.29 is 4.79 Å². The van der Waals surface area contributed by atoms with Gasteiger partial charge < -0.3 is 0 Å². The van der Waals surface area contributed by atoms with Gasteiger partial charge in [0.25, 0.3) is 5.91 Å². The summed E-state index contributed by atoms with van der Waals surface area (Å²) in [6.45, 7) is 4.20. The zero-order valence-electron chi connectivity index (χ0n) is 15.4. The van der Waals surface area contributed by atoms with Crippen LogP contribution in [0.4, 0.5) is 5.13 Å². The molecule has 0 spiro atoms. The second-order valence-corrected chi connectivity index (χ2v) is 7.44. The Bertz CT molecular complexity index is 1090. The number of aromatic nitrogens is 5. The molecule has 0 saturated carbocycles. The van der Waals surface area contributed by atoms with Gasteiger partial charge in [0, 0.05) is 23.5 Å². The third-order valence-corrected chi connectivity index (χ3v) is 5.39. The van der Waals surface area contributed by atoms with E-state index < -0.39 is 0 Å². The van der Waals surface area contributed by atoms with Crippen LogP contribution in [0.15, 0.2) is 61.4 Å². The van der Waals surface area contributed by atoms with Gasteiger partial charge in [-0.15, -0.1) is 11.3 Å². The number of carbonyl (C=O) groups is 1. The second kappa shape index (κ2) is 7.69. The van der Waals surface area contributed by atoms with Crippen LogP contribution in [-0.4, -0.2) is 30.4 Å². The van der Waals surface area contributed by atoms with Gasteiger partial charge in [0.2, 0.25) is 0 Å². The highest BCUT2D eigenvalue weighted by molar-refractivity contribution is 7.16. The zero-order valence-corrected chi connectivity index (χ0v) is 16.2. The summed E-state index contributed by atoms with van der Waals surface area (Å²) in [6, 6.07) is 9.35. The van der Waals surface area contributed by atoms with Crippen molar-refractivity contribution >= 4 is 22.4 Å². The quantitative estimate of drug-likeness (QED) is 0.553. The minimum absolute atomic E-state index is 0.266. The van der Waals surface area contributed by atoms with Crippen molar-refractivity contribution in [2.24, 2.45) is 0 Å². The summed E-state index contributed by atoms with van der Waals surface area (Å²) >= 11 is 1.47. The Morgan fingerprint density at radius 3 is 2.64 bits per heavy atom. The van der Waals surface area contributed by atoms with Crippen molar-refractivity contribution in [3.05, 3.63) is 72.0 Å². The number of thiazole rings is 1. The Kier molecular flexibility index (Phi) is 4.94. The fourth-order valence-corrected chi connectivity index (χ4v) is 3.77. The van der Waals surface area contributed by atoms with E-state index in [0.717, 1.165) is 22.0 Å². The van der Waals surface area contributed by atoms with Crippen LogP contribution in [0.1, 0.15) is 35.1 Å². The molecule has 140 valence electrons. The van der Waals surface area contributed by atoms with E-state index in [2.05, 4.69) is 39.1 Å². The van der Waals surface area contributed by atoms with Crippen LogP contribution in [0.3, 0.4) is 0 Å². The van der Waals surface area contributed by atoms with Crippen molar-refractivity contribution in [1.29, 1.82) is 0 Å². The largest absolute Gasteiger partial charge is 0.296 e. The molecule has 0 aliphatic heterocycles. The average Bonchev–Trinajstić information content (AvgIpc) is 3.37. The number of amides is 1. The van der Waals surface area contributed by atoms with Gasteiger partial charge in [-0.25, -0.2) is 9.97 Å². The van der Waals surface area contributed by atoms with Gasteiger partial charge in [-0.05, 0) is 30.2 Å². The summed E-state index contributed by atoms with van der Waals surface area (Å²) < 4.78 is 1.72. The number of anilines is 1. The molecule has 0 unspecified atom stereocenters. The molecule has 8 heteroatoms. The summed E-state index contributed by atoms with van der Waals surface area (Å²) in [6.07, 6.45) is 8.22. The van der Waals surface area contributed by atoms with Gasteiger partial charge in [-0.2, -0.15) is 0 Å². The molecule has 4 heterocycles. The van der Waals surface area contributed by atoms with E-state index >= 15 is 0 Å². The van der Waals surface area contributed by atoms with Crippen LogP contribution in [-0.2, 0) is 0 Å². The van der Waals surface area contributed by atoms with Gasteiger partial charge in [0.05, 0.1) is 23.9 Å². The molecule has 1 amide bonds. The van der Waals surface area contributed by atoms with Crippen LogP contribution >= 0.6 is 11.3 Å². The van der Waals surface area contributed by atoms with Crippen LogP contribution in [0, 0.1) is 0 Å². The lowest BCUT2D eigenvalue weighted by atomic mass is 10.1. The predicted molar refractivity (Wildman–Crippen MR) is 109 cm³/mol. The topological polar surface area (TPSA) is 85.6 Å². The van der Waals surface area contributed by atoms with Crippen molar-refractivity contribution in [3.8, 4) is 17.1 Å². The van der Waals surface area contributed by atoms with Crippen LogP contribution < -0.4 is 5.32 Å². The third-order valence-electron chi connectivity index (χ3n) is 4.12. The lowest BCUT2D eigenvalue weighted by Crippen LogP contribution is -2.16. The molecule has 0 fully saturated rings. The molecule has 0 atom stereocenters. The molecule has 1 N–H and O–H groups in total. The first-order valence-electron chi connectivity index (χ1n) is 8.79. The van der Waals surface area contributed by atoms with Gasteiger partial charge in [0.15, 0.2) is 5.13 Å². The fraction of sp³-hybridized carbons (Fsp3) is 0.150. The predicted octanol–water partition coefficient (Wildman–Crippen LogP) is 4.16. The SMILES string of the molecule is CC(C)c1sc(NC(=O)c2cncn2-c2ccncc2)nc1-c1ccccn1. The first-order chi connectivity index (χ1) is 13.6. The van der Waals surface area contributed by atoms with E-state index in [4.69, 9.17) is 0 Å². The number of nitrogens with one attached hydrogen (secondary N) is 1. The lowest BCUT2D eigenvalue weighted by molar-refractivity contribution is 0.102. The first kappa shape index (κ1) is 18.0. The first-order valence-corrected chi connectivity index (χ1v) is 9.61. The molecule has 0 aromatic carbocycles. The van der Waals surface area contributed by atoms with E-state index in [9.17, 15) is 4.79 Å². The van der Waals surface area contributed by atoms with Crippen LogP contribution in [0.25, 0.3) is 17.1 Å². The molecule has 28 heavy (non-hydrogen) atoms. The minimum atomic E-state index is -0.272. The highest BCUT2D eigenvalue weighted by Crippen LogP contribution is 2.35. The molecule has 0 aliphatic carbocycles. The van der Waals surface area contributed by atoms with Crippen molar-refractivity contribution in [3.63, 3.8) is 0 Å². The van der Waals surface area contributed by atoms with E-state index in [1.807, 2.05) is 30.3 Å². The molecule has 4 aromatic heterocycles. The van der Waals surface area contributed by atoms with E-state index in [1.165, 1.54) is 17.5 Å². The van der Waals surface area contributed by atoms with Gasteiger partial charge in [-0.3, -0.25) is 24.6 Å². The smallest absolute Gasteiger partial charge is 0.276 e.